The van der Waals surface area contributed by atoms with Crippen molar-refractivity contribution < 1.29 is 31.1 Å². The number of alkyl halides is 3. The van der Waals surface area contributed by atoms with E-state index in [2.05, 4.69) is 0 Å². The smallest absolute Gasteiger partial charge is 0.390 e. The highest BCUT2D eigenvalue weighted by Crippen LogP contribution is 2.20. The van der Waals surface area contributed by atoms with E-state index < -0.39 is 45.5 Å². The van der Waals surface area contributed by atoms with Crippen LogP contribution in [0, 0.1) is 0 Å². The largest absolute Gasteiger partial charge is 0.459 e. The second-order valence-corrected chi connectivity index (χ2v) is 6.73. The van der Waals surface area contributed by atoms with E-state index in [1.807, 2.05) is 0 Å². The number of esters is 1. The van der Waals surface area contributed by atoms with Gasteiger partial charge in [-0.05, 0) is 20.8 Å². The molecule has 0 atom stereocenters. The predicted octanol–water partition coefficient (Wildman–Crippen LogP) is 1.70. The fourth-order valence-corrected chi connectivity index (χ4v) is 2.00. The molecule has 0 amide bonds. The first kappa shape index (κ1) is 16.2. The summed E-state index contributed by atoms with van der Waals surface area (Å²) >= 11 is 0. The fourth-order valence-electron chi connectivity index (χ4n) is 0.894. The van der Waals surface area contributed by atoms with Crippen molar-refractivity contribution in [2.75, 3.05) is 11.5 Å². The highest BCUT2D eigenvalue weighted by molar-refractivity contribution is 7.92. The maximum absolute atomic E-state index is 11.8. The Kier molecular flexibility index (Phi) is 5.00. The van der Waals surface area contributed by atoms with Gasteiger partial charge in [-0.15, -0.1) is 0 Å². The molecule has 17 heavy (non-hydrogen) atoms. The molecule has 0 N–H and O–H groups in total. The molecule has 0 rings (SSSR count). The second kappa shape index (κ2) is 5.24. The van der Waals surface area contributed by atoms with Crippen LogP contribution in [0.25, 0.3) is 0 Å². The van der Waals surface area contributed by atoms with E-state index in [9.17, 15) is 26.4 Å². The molecule has 0 heterocycles. The summed E-state index contributed by atoms with van der Waals surface area (Å²) in [5, 5.41) is 0. The topological polar surface area (TPSA) is 60.4 Å². The third-order valence-corrected chi connectivity index (χ3v) is 2.96. The van der Waals surface area contributed by atoms with Crippen LogP contribution in [0.15, 0.2) is 0 Å². The molecule has 0 aliphatic heterocycles. The zero-order chi connectivity index (χ0) is 13.9. The van der Waals surface area contributed by atoms with Crippen molar-refractivity contribution in [1.29, 1.82) is 0 Å². The molecule has 0 aromatic heterocycles. The Balaban J connectivity index is 4.33. The molecule has 4 nitrogen and oxygen atoms in total. The Hall–Kier alpha value is -0.790. The maximum atomic E-state index is 11.8. The number of carbonyl (C=O) groups excluding carboxylic acids is 1. The fraction of sp³-hybridized carbons (Fsp3) is 0.889. The van der Waals surface area contributed by atoms with Crippen molar-refractivity contribution in [1.82, 2.24) is 0 Å². The van der Waals surface area contributed by atoms with E-state index in [4.69, 9.17) is 4.74 Å². The molecular formula is C9H15F3O4S. The van der Waals surface area contributed by atoms with Gasteiger partial charge in [0.05, 0.1) is 12.2 Å². The zero-order valence-electron chi connectivity index (χ0n) is 9.80. The number of ether oxygens (including phenoxy) is 1. The third kappa shape index (κ3) is 10.1. The number of hydrogen-bond acceptors (Lipinski definition) is 4. The van der Waals surface area contributed by atoms with Gasteiger partial charge in [0.25, 0.3) is 0 Å². The SMILES string of the molecule is CC(C)(C)OC(=O)CS(=O)(=O)CCC(F)(F)F. The number of hydrogen-bond donors (Lipinski definition) is 0. The molecule has 0 aliphatic rings. The van der Waals surface area contributed by atoms with Crippen molar-refractivity contribution in [2.45, 2.75) is 39.0 Å². The van der Waals surface area contributed by atoms with E-state index in [0.29, 0.717) is 0 Å². The summed E-state index contributed by atoms with van der Waals surface area (Å²) in [6, 6.07) is 0. The molecule has 0 radical (unpaired) electrons. The molecule has 0 fully saturated rings. The van der Waals surface area contributed by atoms with E-state index in [-0.39, 0.29) is 0 Å². The summed E-state index contributed by atoms with van der Waals surface area (Å²) in [6.07, 6.45) is -6.01. The maximum Gasteiger partial charge on any atom is 0.390 e. The standard InChI is InChI=1S/C9H15F3O4S/c1-8(2,3)16-7(13)6-17(14,15)5-4-9(10,11)12/h4-6H2,1-3H3. The van der Waals surface area contributed by atoms with Gasteiger partial charge < -0.3 is 4.74 Å². The minimum atomic E-state index is -4.55. The summed E-state index contributed by atoms with van der Waals surface area (Å²) in [5.74, 6) is -3.17. The van der Waals surface area contributed by atoms with Crippen LogP contribution in [0.5, 0.6) is 0 Å². The second-order valence-electron chi connectivity index (χ2n) is 4.54. The highest BCUT2D eigenvalue weighted by Gasteiger charge is 2.31. The first-order valence-electron chi connectivity index (χ1n) is 4.80. The van der Waals surface area contributed by atoms with Gasteiger partial charge >= 0.3 is 12.1 Å². The van der Waals surface area contributed by atoms with Crippen molar-refractivity contribution in [3.05, 3.63) is 0 Å². The van der Waals surface area contributed by atoms with Crippen molar-refractivity contribution in [3.63, 3.8) is 0 Å². The number of rotatable bonds is 4. The van der Waals surface area contributed by atoms with Crippen molar-refractivity contribution in [3.8, 4) is 0 Å². The van der Waals surface area contributed by atoms with Gasteiger partial charge in [-0.1, -0.05) is 0 Å². The van der Waals surface area contributed by atoms with Gasteiger partial charge in [0.2, 0.25) is 0 Å². The van der Waals surface area contributed by atoms with Gasteiger partial charge in [-0.2, -0.15) is 13.2 Å². The normalized spacial score (nSPS) is 13.5. The molecule has 0 spiro atoms. The number of carbonyl (C=O) groups is 1. The van der Waals surface area contributed by atoms with Gasteiger partial charge in [0, 0.05) is 0 Å². The monoisotopic (exact) mass is 276 g/mol. The van der Waals surface area contributed by atoms with E-state index in [1.165, 1.54) is 20.8 Å². The molecule has 8 heteroatoms. The molecule has 0 saturated carbocycles. The first-order chi connectivity index (χ1) is 7.31. The summed E-state index contributed by atoms with van der Waals surface area (Å²) < 4.78 is 62.5. The minimum absolute atomic E-state index is 0.864. The van der Waals surface area contributed by atoms with Gasteiger partial charge in [0.1, 0.15) is 11.4 Å². The van der Waals surface area contributed by atoms with Crippen LogP contribution in [0.3, 0.4) is 0 Å². The third-order valence-electron chi connectivity index (χ3n) is 1.45. The lowest BCUT2D eigenvalue weighted by Crippen LogP contribution is -2.30. The molecule has 0 unspecified atom stereocenters. The minimum Gasteiger partial charge on any atom is -0.459 e. The molecule has 0 aromatic rings. The average molecular weight is 276 g/mol. The summed E-state index contributed by atoms with van der Waals surface area (Å²) in [6.45, 7) is 4.60. The van der Waals surface area contributed by atoms with Crippen LogP contribution < -0.4 is 0 Å². The summed E-state index contributed by atoms with van der Waals surface area (Å²) in [7, 11) is -4.08. The first-order valence-corrected chi connectivity index (χ1v) is 6.62. The Morgan fingerprint density at radius 2 is 1.65 bits per heavy atom. The molecule has 0 aliphatic carbocycles. The molecule has 0 bridgehead atoms. The van der Waals surface area contributed by atoms with Crippen LogP contribution >= 0.6 is 0 Å². The van der Waals surface area contributed by atoms with E-state index in [0.717, 1.165) is 0 Å². The van der Waals surface area contributed by atoms with Crippen LogP contribution in [0.4, 0.5) is 13.2 Å². The quantitative estimate of drug-likeness (QED) is 0.733. The Morgan fingerprint density at radius 1 is 1.18 bits per heavy atom. The van der Waals surface area contributed by atoms with E-state index >= 15 is 0 Å². The lowest BCUT2D eigenvalue weighted by Gasteiger charge is -2.19. The molecule has 0 aromatic carbocycles. The van der Waals surface area contributed by atoms with Crippen molar-refractivity contribution >= 4 is 15.8 Å². The number of sulfone groups is 1. The predicted molar refractivity (Wildman–Crippen MR) is 55.2 cm³/mol. The van der Waals surface area contributed by atoms with E-state index in [1.54, 1.807) is 0 Å². The van der Waals surface area contributed by atoms with Gasteiger partial charge in [0.15, 0.2) is 9.84 Å². The molecule has 0 saturated heterocycles. The van der Waals surface area contributed by atoms with Gasteiger partial charge in [-0.3, -0.25) is 4.79 Å². The van der Waals surface area contributed by atoms with Crippen molar-refractivity contribution in [2.24, 2.45) is 0 Å². The zero-order valence-corrected chi connectivity index (χ0v) is 10.6. The Labute approximate surface area is 98.1 Å². The Morgan fingerprint density at radius 3 is 2.00 bits per heavy atom. The average Bonchev–Trinajstić information content (AvgIpc) is 1.94. The number of halogens is 3. The molecular weight excluding hydrogens is 261 g/mol. The highest BCUT2D eigenvalue weighted by atomic mass is 32.2. The van der Waals surface area contributed by atoms with Gasteiger partial charge in [-0.25, -0.2) is 8.42 Å². The Bertz CT molecular complexity index is 365. The summed E-state index contributed by atoms with van der Waals surface area (Å²) in [4.78, 5) is 11.1. The lowest BCUT2D eigenvalue weighted by molar-refractivity contribution is -0.151. The lowest BCUT2D eigenvalue weighted by atomic mass is 10.2. The van der Waals surface area contributed by atoms with Crippen LogP contribution in [0.2, 0.25) is 0 Å². The molecule has 102 valence electrons. The van der Waals surface area contributed by atoms with Crippen LogP contribution in [-0.2, 0) is 19.4 Å². The van der Waals surface area contributed by atoms with Crippen LogP contribution in [-0.4, -0.2) is 37.7 Å². The van der Waals surface area contributed by atoms with Crippen LogP contribution in [0.1, 0.15) is 27.2 Å². The summed E-state index contributed by atoms with van der Waals surface area (Å²) in [5.41, 5.74) is -0.864.